The van der Waals surface area contributed by atoms with Gasteiger partial charge in [0.05, 0.1) is 29.9 Å². The number of carbonyl (C=O) groups excluding carboxylic acids is 3. The highest BCUT2D eigenvalue weighted by Crippen LogP contribution is 2.36. The number of amides is 2. The summed E-state index contributed by atoms with van der Waals surface area (Å²) in [6.07, 6.45) is 1.75. The predicted molar refractivity (Wildman–Crippen MR) is 156 cm³/mol. The van der Waals surface area contributed by atoms with Gasteiger partial charge in [-0.15, -0.1) is 0 Å². The van der Waals surface area contributed by atoms with Gasteiger partial charge in [-0.1, -0.05) is 30.3 Å². The van der Waals surface area contributed by atoms with Crippen LogP contribution in [0, 0.1) is 0 Å². The second-order valence-electron chi connectivity index (χ2n) is 8.44. The molecule has 1 saturated heterocycles. The zero-order valence-electron chi connectivity index (χ0n) is 22.4. The molecule has 1 heterocycles. The maximum atomic E-state index is 13.1. The Balaban J connectivity index is 1.49. The Morgan fingerprint density at radius 3 is 2.52 bits per heavy atom. The van der Waals surface area contributed by atoms with Gasteiger partial charge in [-0.2, -0.15) is 0 Å². The van der Waals surface area contributed by atoms with Crippen molar-refractivity contribution in [1.82, 2.24) is 4.90 Å². The van der Waals surface area contributed by atoms with E-state index < -0.39 is 5.97 Å². The maximum absolute atomic E-state index is 13.1. The first kappa shape index (κ1) is 28.4. The molecule has 0 bridgehead atoms. The first-order valence-corrected chi connectivity index (χ1v) is 13.5. The van der Waals surface area contributed by atoms with Crippen LogP contribution in [0.1, 0.15) is 29.8 Å². The summed E-state index contributed by atoms with van der Waals surface area (Å²) >= 11 is 1.24. The molecule has 10 heteroatoms. The predicted octanol–water partition coefficient (Wildman–Crippen LogP) is 5.51. The van der Waals surface area contributed by atoms with Gasteiger partial charge in [0.2, 0.25) is 0 Å². The number of nitrogens with zero attached hydrogens (tertiary/aromatic N) is 2. The molecular formula is C30H29N3O6S. The van der Waals surface area contributed by atoms with Gasteiger partial charge < -0.3 is 19.5 Å². The average Bonchev–Trinajstić information content (AvgIpc) is 3.25. The van der Waals surface area contributed by atoms with Crippen molar-refractivity contribution in [2.24, 2.45) is 4.99 Å². The summed E-state index contributed by atoms with van der Waals surface area (Å²) < 4.78 is 16.2. The van der Waals surface area contributed by atoms with Crippen LogP contribution in [0.15, 0.2) is 82.7 Å². The van der Waals surface area contributed by atoms with Crippen LogP contribution in [-0.2, 0) is 14.3 Å². The minimum Gasteiger partial charge on any atom is -0.493 e. The summed E-state index contributed by atoms with van der Waals surface area (Å²) in [5.41, 5.74) is 2.33. The van der Waals surface area contributed by atoms with Crippen molar-refractivity contribution < 1.29 is 28.6 Å². The average molecular weight is 560 g/mol. The molecule has 4 rings (SSSR count). The number of carbonyl (C=O) groups is 3. The SMILES string of the molecule is CCOC(=O)c1cccc(N=C2SC(=Cc3ccc(OCC(=O)Nc4ccccc4)c(OC)c3)C(=O)N2CC)c1. The van der Waals surface area contributed by atoms with Crippen molar-refractivity contribution in [3.05, 3.63) is 88.8 Å². The third-order valence-electron chi connectivity index (χ3n) is 5.69. The van der Waals surface area contributed by atoms with Crippen LogP contribution in [0.25, 0.3) is 6.08 Å². The van der Waals surface area contributed by atoms with Gasteiger partial charge in [0.1, 0.15) is 0 Å². The zero-order valence-corrected chi connectivity index (χ0v) is 23.2. The lowest BCUT2D eigenvalue weighted by Crippen LogP contribution is -2.28. The highest BCUT2D eigenvalue weighted by molar-refractivity contribution is 8.18. The van der Waals surface area contributed by atoms with Crippen LogP contribution in [-0.4, -0.2) is 54.7 Å². The lowest BCUT2D eigenvalue weighted by atomic mass is 10.2. The molecule has 3 aromatic carbocycles. The van der Waals surface area contributed by atoms with Gasteiger partial charge >= 0.3 is 5.97 Å². The fraction of sp³-hybridized carbons (Fsp3) is 0.200. The smallest absolute Gasteiger partial charge is 0.338 e. The fourth-order valence-corrected chi connectivity index (χ4v) is 4.87. The molecule has 0 saturated carbocycles. The number of rotatable bonds is 10. The van der Waals surface area contributed by atoms with Crippen molar-refractivity contribution in [2.75, 3.05) is 32.2 Å². The molecule has 1 fully saturated rings. The number of aliphatic imine (C=N–C) groups is 1. The molecule has 0 aromatic heterocycles. The quantitative estimate of drug-likeness (QED) is 0.258. The second kappa shape index (κ2) is 13.5. The summed E-state index contributed by atoms with van der Waals surface area (Å²) in [4.78, 5) is 44.2. The first-order valence-electron chi connectivity index (χ1n) is 12.6. The van der Waals surface area contributed by atoms with Crippen molar-refractivity contribution in [3.63, 3.8) is 0 Å². The Hall–Kier alpha value is -4.57. The Kier molecular flexibility index (Phi) is 9.58. The highest BCUT2D eigenvalue weighted by Gasteiger charge is 2.32. The monoisotopic (exact) mass is 559 g/mol. The largest absolute Gasteiger partial charge is 0.493 e. The van der Waals surface area contributed by atoms with Gasteiger partial charge in [0.25, 0.3) is 11.8 Å². The van der Waals surface area contributed by atoms with Crippen LogP contribution in [0.4, 0.5) is 11.4 Å². The molecule has 1 aliphatic rings. The second-order valence-corrected chi connectivity index (χ2v) is 9.45. The van der Waals surface area contributed by atoms with Crippen molar-refractivity contribution in [3.8, 4) is 11.5 Å². The van der Waals surface area contributed by atoms with E-state index in [1.54, 1.807) is 72.5 Å². The summed E-state index contributed by atoms with van der Waals surface area (Å²) in [6, 6.07) is 21.1. The molecule has 0 spiro atoms. The van der Waals surface area contributed by atoms with Crippen LogP contribution < -0.4 is 14.8 Å². The minimum atomic E-state index is -0.425. The topological polar surface area (TPSA) is 107 Å². The number of hydrogen-bond acceptors (Lipinski definition) is 8. The number of hydrogen-bond donors (Lipinski definition) is 1. The van der Waals surface area contributed by atoms with Crippen molar-refractivity contribution in [2.45, 2.75) is 13.8 Å². The van der Waals surface area contributed by atoms with E-state index in [9.17, 15) is 14.4 Å². The standard InChI is InChI=1S/C30H29N3O6S/c1-4-33-28(35)26(40-30(33)32-23-13-9-10-21(18-23)29(36)38-5-2)17-20-14-15-24(25(16-20)37-3)39-19-27(34)31-22-11-7-6-8-12-22/h6-18H,4-5,19H2,1-3H3,(H,31,34). The normalized spacial score (nSPS) is 14.9. The Morgan fingerprint density at radius 2 is 1.80 bits per heavy atom. The molecule has 2 amide bonds. The molecule has 0 atom stereocenters. The van der Waals surface area contributed by atoms with Crippen LogP contribution in [0.5, 0.6) is 11.5 Å². The molecule has 9 nitrogen and oxygen atoms in total. The zero-order chi connectivity index (χ0) is 28.5. The summed E-state index contributed by atoms with van der Waals surface area (Å²) in [5, 5.41) is 3.28. The Bertz CT molecular complexity index is 1450. The summed E-state index contributed by atoms with van der Waals surface area (Å²) in [7, 11) is 1.51. The number of ether oxygens (including phenoxy) is 3. The van der Waals surface area contributed by atoms with Gasteiger partial charge in [0, 0.05) is 12.2 Å². The molecule has 0 radical (unpaired) electrons. The van der Waals surface area contributed by atoms with Gasteiger partial charge in [-0.25, -0.2) is 9.79 Å². The third-order valence-corrected chi connectivity index (χ3v) is 6.69. The minimum absolute atomic E-state index is 0.176. The van der Waals surface area contributed by atoms with E-state index in [1.165, 1.54) is 18.9 Å². The number of benzene rings is 3. The van der Waals surface area contributed by atoms with Crippen LogP contribution in [0.3, 0.4) is 0 Å². The number of thioether (sulfide) groups is 1. The van der Waals surface area contributed by atoms with Crippen LogP contribution >= 0.6 is 11.8 Å². The molecule has 206 valence electrons. The van der Waals surface area contributed by atoms with Crippen molar-refractivity contribution >= 4 is 52.2 Å². The maximum Gasteiger partial charge on any atom is 0.338 e. The summed E-state index contributed by atoms with van der Waals surface area (Å²) in [6.45, 7) is 4.14. The van der Waals surface area contributed by atoms with Gasteiger partial charge in [-0.05, 0) is 79.7 Å². The van der Waals surface area contributed by atoms with Crippen molar-refractivity contribution in [1.29, 1.82) is 0 Å². The number of amidine groups is 1. The molecular weight excluding hydrogens is 530 g/mol. The Labute approximate surface area is 236 Å². The van der Waals surface area contributed by atoms with Gasteiger partial charge in [-0.3, -0.25) is 14.5 Å². The van der Waals surface area contributed by atoms with E-state index in [0.717, 1.165) is 5.56 Å². The number of nitrogens with one attached hydrogen (secondary N) is 1. The van der Waals surface area contributed by atoms with Gasteiger partial charge in [0.15, 0.2) is 23.3 Å². The molecule has 40 heavy (non-hydrogen) atoms. The van der Waals surface area contributed by atoms with E-state index in [4.69, 9.17) is 14.2 Å². The Morgan fingerprint density at radius 1 is 1.00 bits per heavy atom. The fourth-order valence-electron chi connectivity index (χ4n) is 3.80. The number of methoxy groups -OCH3 is 1. The highest BCUT2D eigenvalue weighted by atomic mass is 32.2. The molecule has 1 aliphatic heterocycles. The van der Waals surface area contributed by atoms with E-state index in [1.807, 2.05) is 25.1 Å². The van der Waals surface area contributed by atoms with Crippen LogP contribution in [0.2, 0.25) is 0 Å². The number of anilines is 1. The molecule has 0 unspecified atom stereocenters. The van der Waals surface area contributed by atoms with E-state index in [2.05, 4.69) is 10.3 Å². The summed E-state index contributed by atoms with van der Waals surface area (Å²) in [5.74, 6) is -0.0753. The third kappa shape index (κ3) is 7.09. The van der Waals surface area contributed by atoms with E-state index in [0.29, 0.717) is 45.1 Å². The molecule has 1 N–H and O–H groups in total. The lowest BCUT2D eigenvalue weighted by Gasteiger charge is -2.12. The van der Waals surface area contributed by atoms with E-state index in [-0.39, 0.29) is 25.0 Å². The number of likely N-dealkylation sites (N-methyl/N-ethyl adjacent to an activating group) is 1. The lowest BCUT2D eigenvalue weighted by molar-refractivity contribution is -0.122. The number of esters is 1. The molecule has 3 aromatic rings. The number of para-hydroxylation sites is 1. The molecule has 0 aliphatic carbocycles. The van der Waals surface area contributed by atoms with E-state index >= 15 is 0 Å². The first-order chi connectivity index (χ1) is 19.4.